The van der Waals surface area contributed by atoms with Gasteiger partial charge < -0.3 is 48.4 Å². The average Bonchev–Trinajstić information content (AvgIpc) is 1.56. The number of fused-ring (bicyclic) bond motifs is 3. The SMILES string of the molecule is CCCOc1c2cccc1Cc1cccc3c1OCCOc1ccc(cc1)C1(C)c4ccc([nH]4)C(C)(C)c4ccc([nH]4)C(C)(c4ccc(cc4)OCCOc4c(cccc4Cc4cccc(c4OCCC)C3)C2)c2ccc([nH]2)C(C)(C)c2cc(/C=C3\C(=O)c4ccccc4C3=C(C#N)C#N)c1[nH]2. The van der Waals surface area contributed by atoms with Crippen LogP contribution < -0.4 is 28.4 Å². The van der Waals surface area contributed by atoms with E-state index >= 15 is 0 Å². The Hall–Kier alpha value is -11.4. The van der Waals surface area contributed by atoms with Gasteiger partial charge in [-0.1, -0.05) is 135 Å². The first-order valence-electron chi connectivity index (χ1n) is 35.7. The highest BCUT2D eigenvalue weighted by atomic mass is 16.5. The lowest BCUT2D eigenvalue weighted by atomic mass is 9.75. The molecule has 11 heterocycles. The Labute approximate surface area is 596 Å². The minimum Gasteiger partial charge on any atom is -0.493 e. The number of carbonyl (C=O) groups excluding carboxylic acids is 1. The van der Waals surface area contributed by atoms with Crippen molar-refractivity contribution in [2.24, 2.45) is 0 Å². The maximum absolute atomic E-state index is 14.9. The van der Waals surface area contributed by atoms with E-state index in [-0.39, 0.29) is 43.4 Å². The number of hydrogen-bond acceptors (Lipinski definition) is 9. The standard InChI is InChI=1S/C89H84N6O7/c1-9-41-99-81-55-17-13-19-57(81)49-61-23-16-24-62-50-58-20-14-18-56(82(58)100-42-10-2)48-60-22-15-21-59(47-55)83(60)101-45-43-97-67-31-27-65(28-32-67)88(7)75-38-35-72(92-75)86(3,4)73-37-40-77(94-73)89(8,66-29-33-68(34-30-66)98-44-46-102-84(61)62)85-63(52-78(95-85)87(5,6)74-36-39-76(88)93-74)51-71-79(64(53-90)54-91)69-25-11-12-26-70(69)80(71)96/h11-40,51-52,92-95H,9-10,41-50H2,1-8H3/b71-51-. The van der Waals surface area contributed by atoms with E-state index in [0.717, 1.165) is 137 Å². The van der Waals surface area contributed by atoms with Crippen LogP contribution in [0.2, 0.25) is 0 Å². The van der Waals surface area contributed by atoms with E-state index in [1.165, 1.54) is 0 Å². The molecule has 0 amide bonds. The Morgan fingerprint density at radius 1 is 0.441 bits per heavy atom. The number of nitrogens with one attached hydrogen (secondary N) is 4. The maximum atomic E-state index is 14.9. The molecule has 512 valence electrons. The summed E-state index contributed by atoms with van der Waals surface area (Å²) < 4.78 is 41.2. The zero-order valence-electron chi connectivity index (χ0n) is 59.2. The molecule has 4 N–H and O–H groups in total. The topological polar surface area (TPSA) is 183 Å². The summed E-state index contributed by atoms with van der Waals surface area (Å²) in [4.78, 5) is 31.0. The normalized spacial score (nSPS) is 18.4. The molecule has 0 radical (unpaired) electrons. The average molecular weight is 1350 g/mol. The molecule has 9 aliphatic rings. The third-order valence-electron chi connectivity index (χ3n) is 21.6. The van der Waals surface area contributed by atoms with Crippen molar-refractivity contribution in [2.45, 2.75) is 116 Å². The number of rotatable bonds is 7. The number of nitrogens with zero attached hydrogens (tertiary/aromatic N) is 2. The number of carbonyl (C=O) groups is 1. The molecular weight excluding hydrogens is 1270 g/mol. The summed E-state index contributed by atoms with van der Waals surface area (Å²) in [5.74, 6) is 4.46. The first-order valence-corrected chi connectivity index (χ1v) is 35.7. The third kappa shape index (κ3) is 11.7. The maximum Gasteiger partial charge on any atom is 0.194 e. The van der Waals surface area contributed by atoms with Gasteiger partial charge in [0.1, 0.15) is 78.6 Å². The fourth-order valence-corrected chi connectivity index (χ4v) is 15.7. The number of Topliss-reactive ketones (excluding diaryl/α,β-unsaturated/α-hetero) is 1. The van der Waals surface area contributed by atoms with Crippen LogP contribution in [0.5, 0.6) is 34.5 Å². The molecule has 2 unspecified atom stereocenters. The number of para-hydroxylation sites is 4. The quantitative estimate of drug-likeness (QED) is 0.0891. The highest BCUT2D eigenvalue weighted by molar-refractivity contribution is 6.30. The molecular formula is C89H84N6O7. The van der Waals surface area contributed by atoms with Crippen LogP contribution in [0, 0.1) is 22.7 Å². The van der Waals surface area contributed by atoms with Crippen LogP contribution >= 0.6 is 0 Å². The summed E-state index contributed by atoms with van der Waals surface area (Å²) in [5, 5.41) is 21.1. The molecule has 7 aromatic carbocycles. The first kappa shape index (κ1) is 66.5. The number of allylic oxidation sites excluding steroid dienone is 3. The van der Waals surface area contributed by atoms with Crippen LogP contribution in [0.3, 0.4) is 0 Å². The molecule has 20 rings (SSSR count). The third-order valence-corrected chi connectivity index (χ3v) is 21.6. The van der Waals surface area contributed by atoms with Crippen LogP contribution in [-0.4, -0.2) is 65.4 Å². The van der Waals surface area contributed by atoms with Crippen molar-refractivity contribution in [2.75, 3.05) is 39.6 Å². The second-order valence-electron chi connectivity index (χ2n) is 28.7. The van der Waals surface area contributed by atoms with Crippen LogP contribution in [0.1, 0.15) is 191 Å². The molecule has 102 heavy (non-hydrogen) atoms. The number of aromatic nitrogens is 4. The summed E-state index contributed by atoms with van der Waals surface area (Å²) >= 11 is 0. The fraction of sp³-hybridized carbons (Fsp3) is 0.270. The van der Waals surface area contributed by atoms with E-state index in [4.69, 9.17) is 28.4 Å². The summed E-state index contributed by atoms with van der Waals surface area (Å²) in [5.41, 5.74) is 16.9. The lowest BCUT2D eigenvalue weighted by molar-refractivity contribution is 0.104. The number of hydrogen-bond donors (Lipinski definition) is 4. The summed E-state index contributed by atoms with van der Waals surface area (Å²) in [6.45, 7) is 19.8. The van der Waals surface area contributed by atoms with Crippen LogP contribution in [-0.2, 0) is 47.3 Å². The number of nitriles is 2. The zero-order valence-corrected chi connectivity index (χ0v) is 59.2. The number of ether oxygens (including phenoxy) is 6. The summed E-state index contributed by atoms with van der Waals surface area (Å²) in [6.07, 6.45) is 5.82. The predicted octanol–water partition coefficient (Wildman–Crippen LogP) is 18.2. The molecule has 2 atom stereocenters. The number of benzene rings is 7. The highest BCUT2D eigenvalue weighted by Gasteiger charge is 2.43. The van der Waals surface area contributed by atoms with Gasteiger partial charge in [0.2, 0.25) is 0 Å². The molecule has 2 aliphatic carbocycles. The van der Waals surface area contributed by atoms with Crippen molar-refractivity contribution in [3.8, 4) is 46.6 Å². The second kappa shape index (κ2) is 26.9. The molecule has 4 aromatic heterocycles. The molecule has 0 spiro atoms. The van der Waals surface area contributed by atoms with Gasteiger partial charge in [0.15, 0.2) is 5.78 Å². The minimum absolute atomic E-state index is 0.136. The van der Waals surface area contributed by atoms with E-state index < -0.39 is 21.7 Å². The highest BCUT2D eigenvalue weighted by Crippen LogP contribution is 2.49. The van der Waals surface area contributed by atoms with Gasteiger partial charge in [-0.05, 0) is 194 Å². The van der Waals surface area contributed by atoms with Crippen molar-refractivity contribution >= 4 is 17.4 Å². The zero-order chi connectivity index (χ0) is 70.5. The second-order valence-corrected chi connectivity index (χ2v) is 28.7. The largest absolute Gasteiger partial charge is 0.493 e. The predicted molar refractivity (Wildman–Crippen MR) is 399 cm³/mol. The van der Waals surface area contributed by atoms with Gasteiger partial charge >= 0.3 is 0 Å². The number of H-pyrrole nitrogens is 4. The van der Waals surface area contributed by atoms with Crippen molar-refractivity contribution in [3.63, 3.8) is 0 Å². The van der Waals surface area contributed by atoms with Crippen molar-refractivity contribution < 1.29 is 33.2 Å². The molecule has 7 aliphatic heterocycles. The van der Waals surface area contributed by atoms with Crippen molar-refractivity contribution in [1.82, 2.24) is 19.9 Å². The molecule has 0 saturated heterocycles. The smallest absolute Gasteiger partial charge is 0.194 e. The molecule has 11 aromatic rings. The van der Waals surface area contributed by atoms with Gasteiger partial charge in [-0.25, -0.2) is 0 Å². The number of aromatic amines is 4. The van der Waals surface area contributed by atoms with Crippen LogP contribution in [0.4, 0.5) is 0 Å². The van der Waals surface area contributed by atoms with Gasteiger partial charge in [-0.2, -0.15) is 10.5 Å². The molecule has 13 heteroatoms. The van der Waals surface area contributed by atoms with Crippen molar-refractivity contribution in [3.05, 3.63) is 317 Å². The lowest BCUT2D eigenvalue weighted by Crippen LogP contribution is -2.30. The Morgan fingerprint density at radius 2 is 0.824 bits per heavy atom. The minimum atomic E-state index is -0.994. The van der Waals surface area contributed by atoms with Gasteiger partial charge in [-0.3, -0.25) is 4.79 Å². The van der Waals surface area contributed by atoms with Crippen LogP contribution in [0.25, 0.3) is 11.6 Å². The first-order chi connectivity index (χ1) is 49.5. The molecule has 24 bridgehead atoms. The van der Waals surface area contributed by atoms with Gasteiger partial charge in [0, 0.05) is 98.8 Å². The van der Waals surface area contributed by atoms with E-state index in [2.05, 4.69) is 239 Å². The molecule has 0 saturated carbocycles. The summed E-state index contributed by atoms with van der Waals surface area (Å²) in [7, 11) is 0. The molecule has 13 nitrogen and oxygen atoms in total. The van der Waals surface area contributed by atoms with E-state index in [1.54, 1.807) is 6.07 Å². The Bertz CT molecular complexity index is 5080. The Kier molecular flexibility index (Phi) is 17.5. The Morgan fingerprint density at radius 3 is 1.25 bits per heavy atom. The van der Waals surface area contributed by atoms with Gasteiger partial charge in [0.25, 0.3) is 0 Å². The van der Waals surface area contributed by atoms with Gasteiger partial charge in [0.05, 0.1) is 24.0 Å². The van der Waals surface area contributed by atoms with Crippen molar-refractivity contribution in [1.29, 1.82) is 10.5 Å². The van der Waals surface area contributed by atoms with E-state index in [9.17, 15) is 15.3 Å². The number of ketones is 1. The van der Waals surface area contributed by atoms with E-state index in [0.29, 0.717) is 72.7 Å². The monoisotopic (exact) mass is 1350 g/mol. The van der Waals surface area contributed by atoms with E-state index in [1.807, 2.05) is 36.4 Å². The lowest BCUT2D eigenvalue weighted by Gasteiger charge is -2.32. The summed E-state index contributed by atoms with van der Waals surface area (Å²) in [6, 6.07) is 69.4. The van der Waals surface area contributed by atoms with Gasteiger partial charge in [-0.15, -0.1) is 0 Å². The van der Waals surface area contributed by atoms with Crippen LogP contribution in [0.15, 0.2) is 199 Å². The molecule has 0 fully saturated rings. The fourth-order valence-electron chi connectivity index (χ4n) is 15.7. The Balaban J connectivity index is 0.911.